The number of ether oxygens (including phenoxy) is 4. The van der Waals surface area contributed by atoms with E-state index in [4.69, 9.17) is 42.1 Å². The maximum absolute atomic E-state index is 13.2. The molecule has 0 unspecified atom stereocenters. The van der Waals surface area contributed by atoms with Crippen LogP contribution in [-0.2, 0) is 53.2 Å². The zero-order chi connectivity index (χ0) is 57.6. The second-order valence-electron chi connectivity index (χ2n) is 24.9. The Morgan fingerprint density at radius 1 is 0.585 bits per heavy atom. The van der Waals surface area contributed by atoms with Crippen LogP contribution < -0.4 is 28.7 Å². The number of nitrogens with one attached hydrogen (secondary N) is 2. The molecule has 14 nitrogen and oxygen atoms in total. The Kier molecular flexibility index (Phi) is 17.2. The lowest BCUT2D eigenvalue weighted by molar-refractivity contribution is 0.0131. The van der Waals surface area contributed by atoms with Crippen LogP contribution in [0.15, 0.2) is 97.1 Å². The summed E-state index contributed by atoms with van der Waals surface area (Å²) < 4.78 is 81.1. The number of carbonyl (C=O) groups excluding carboxylic acids is 2. The topological polar surface area (TPSA) is 170 Å². The Labute approximate surface area is 494 Å². The van der Waals surface area contributed by atoms with Gasteiger partial charge in [-0.1, -0.05) is 73.5 Å². The monoisotopic (exact) mass is 1200 g/mol. The van der Waals surface area contributed by atoms with E-state index in [2.05, 4.69) is 55.7 Å². The number of fused-ring (bicyclic) bond motifs is 8. The summed E-state index contributed by atoms with van der Waals surface area (Å²) >= 11 is 12.8. The molecule has 440 valence electrons. The number of hydrogen-bond acceptors (Lipinski definition) is 12. The van der Waals surface area contributed by atoms with Gasteiger partial charge >= 0.3 is 0 Å². The van der Waals surface area contributed by atoms with Crippen LogP contribution >= 0.6 is 23.2 Å². The van der Waals surface area contributed by atoms with E-state index in [0.29, 0.717) is 60.9 Å². The minimum Gasteiger partial charge on any atom is -0.490 e. The number of benzene rings is 4. The molecule has 82 heavy (non-hydrogen) atoms. The van der Waals surface area contributed by atoms with Crippen LogP contribution in [0.5, 0.6) is 11.5 Å². The molecule has 2 spiro atoms. The molecule has 4 heterocycles. The third-order valence-corrected chi connectivity index (χ3v) is 22.6. The maximum Gasteiger partial charge on any atom is 0.264 e. The molecule has 2 fully saturated rings. The molecule has 4 aliphatic heterocycles. The minimum absolute atomic E-state index is 0.0225. The molecular weight excluding hydrogens is 1120 g/mol. The van der Waals surface area contributed by atoms with Gasteiger partial charge < -0.3 is 28.7 Å². The van der Waals surface area contributed by atoms with Crippen molar-refractivity contribution in [3.63, 3.8) is 0 Å². The number of amides is 2. The molecule has 4 aromatic rings. The van der Waals surface area contributed by atoms with Gasteiger partial charge in [-0.25, -0.2) is 26.3 Å². The van der Waals surface area contributed by atoms with E-state index in [9.17, 15) is 26.4 Å². The average Bonchev–Trinajstić information content (AvgIpc) is 3.88. The predicted octanol–water partition coefficient (Wildman–Crippen LogP) is 11.0. The van der Waals surface area contributed by atoms with Crippen molar-refractivity contribution < 1.29 is 45.4 Å². The van der Waals surface area contributed by atoms with E-state index in [1.165, 1.54) is 22.3 Å². The third kappa shape index (κ3) is 12.5. The molecule has 18 heteroatoms. The molecular formula is C64H78Cl2N4O10S2. The van der Waals surface area contributed by atoms with Crippen LogP contribution in [0.3, 0.4) is 0 Å². The Morgan fingerprint density at radius 3 is 1.40 bits per heavy atom. The number of hydrogen-bond donors (Lipinski definition) is 2. The van der Waals surface area contributed by atoms with E-state index in [1.54, 1.807) is 26.4 Å². The molecule has 0 saturated heterocycles. The average molecular weight is 1200 g/mol. The van der Waals surface area contributed by atoms with Crippen molar-refractivity contribution in [2.75, 3.05) is 74.9 Å². The first-order valence-corrected chi connectivity index (χ1v) is 33.5. The van der Waals surface area contributed by atoms with Gasteiger partial charge in [0, 0.05) is 72.4 Å². The van der Waals surface area contributed by atoms with Gasteiger partial charge in [0.1, 0.15) is 11.5 Å². The number of aryl methyl sites for hydroxylation is 2. The van der Waals surface area contributed by atoms with Gasteiger partial charge in [-0.15, -0.1) is 0 Å². The molecule has 2 amide bonds. The second kappa shape index (κ2) is 24.1. The molecule has 2 N–H and O–H groups in total. The second-order valence-corrected chi connectivity index (χ2v) is 29.3. The summed E-state index contributed by atoms with van der Waals surface area (Å²) in [6.07, 6.45) is 19.9. The fraction of sp³-hybridized carbons (Fsp3) is 0.531. The highest BCUT2D eigenvalue weighted by Crippen LogP contribution is 2.49. The largest absolute Gasteiger partial charge is 0.490 e. The number of allylic oxidation sites excluding steroid dienone is 2. The fourth-order valence-corrected chi connectivity index (χ4v) is 17.8. The molecule has 10 atom stereocenters. The molecule has 8 aliphatic rings. The number of sulfonamides is 2. The Morgan fingerprint density at radius 2 is 1.01 bits per heavy atom. The molecule has 0 aromatic heterocycles. The van der Waals surface area contributed by atoms with E-state index < -0.39 is 31.9 Å². The summed E-state index contributed by atoms with van der Waals surface area (Å²) in [5, 5.41) is 1.50. The molecule has 4 bridgehead atoms. The summed E-state index contributed by atoms with van der Waals surface area (Å²) in [6, 6.07) is 23.0. The van der Waals surface area contributed by atoms with Gasteiger partial charge in [-0.2, -0.15) is 0 Å². The number of rotatable bonds is 2. The van der Waals surface area contributed by atoms with Crippen molar-refractivity contribution in [2.45, 2.75) is 114 Å². The van der Waals surface area contributed by atoms with E-state index >= 15 is 0 Å². The quantitative estimate of drug-likeness (QED) is 0.182. The van der Waals surface area contributed by atoms with Crippen molar-refractivity contribution in [1.29, 1.82) is 0 Å². The van der Waals surface area contributed by atoms with Gasteiger partial charge in [0.2, 0.25) is 20.0 Å². The Bertz CT molecular complexity index is 3140. The number of methoxy groups -OCH3 is 2. The van der Waals surface area contributed by atoms with Crippen LogP contribution in [0, 0.1) is 35.5 Å². The summed E-state index contributed by atoms with van der Waals surface area (Å²) in [5.41, 5.74) is 6.98. The summed E-state index contributed by atoms with van der Waals surface area (Å²) in [6.45, 7) is 7.92. The summed E-state index contributed by atoms with van der Waals surface area (Å²) in [5.74, 6) is 1.27. The number of halogens is 2. The van der Waals surface area contributed by atoms with Crippen molar-refractivity contribution >= 4 is 66.4 Å². The van der Waals surface area contributed by atoms with E-state index in [1.807, 2.05) is 62.4 Å². The van der Waals surface area contributed by atoms with Crippen LogP contribution in [0.4, 0.5) is 11.4 Å². The van der Waals surface area contributed by atoms with Crippen molar-refractivity contribution in [1.82, 2.24) is 9.44 Å². The van der Waals surface area contributed by atoms with Gasteiger partial charge in [-0.05, 0) is 195 Å². The predicted molar refractivity (Wildman–Crippen MR) is 323 cm³/mol. The summed E-state index contributed by atoms with van der Waals surface area (Å²) in [7, 11) is -4.10. The lowest BCUT2D eigenvalue weighted by Crippen LogP contribution is -2.49. The van der Waals surface area contributed by atoms with Gasteiger partial charge in [0.05, 0.1) is 48.3 Å². The van der Waals surface area contributed by atoms with Crippen LogP contribution in [-0.4, -0.2) is 106 Å². The van der Waals surface area contributed by atoms with E-state index in [0.717, 1.165) is 123 Å². The first-order chi connectivity index (χ1) is 39.3. The van der Waals surface area contributed by atoms with Crippen molar-refractivity contribution in [3.8, 4) is 11.5 Å². The highest BCUT2D eigenvalue weighted by Gasteiger charge is 2.47. The Hall–Kier alpha value is -5.10. The lowest BCUT2D eigenvalue weighted by Gasteiger charge is -2.46. The SMILES string of the molecule is CO[C@H]1/C=C/C[C@@H](C)CS(=O)(=O)NC(=O)c2ccc3c(c2)N(C[C@@H]2CC[C@H]21)C[C@@]1(CCCc2cc(Cl)ccc21)CO3.CO[C@H]1/C=C/C[C@H](C)CS(=O)(=O)NC(=O)c2ccc3c(c2)N(C[C@@H]2CC[C@H]21)C[C@@]1(CCCc2cc(Cl)ccc21)CO3. The molecule has 2 saturated carbocycles. The number of anilines is 2. The van der Waals surface area contributed by atoms with Crippen molar-refractivity contribution in [2.24, 2.45) is 35.5 Å². The first kappa shape index (κ1) is 58.7. The number of carbonyl (C=O) groups is 2. The van der Waals surface area contributed by atoms with Gasteiger partial charge in [-0.3, -0.25) is 9.59 Å². The van der Waals surface area contributed by atoms with Crippen molar-refractivity contribution in [3.05, 3.63) is 141 Å². The Balaban J connectivity index is 0.000000172. The molecule has 4 aromatic carbocycles. The summed E-state index contributed by atoms with van der Waals surface area (Å²) in [4.78, 5) is 31.2. The standard InChI is InChI=1S/2C32H39ClN2O5S/c2*1-21-5-3-7-29(39-2)26-11-8-24(26)17-35-19-32(14-4-6-22-15-25(33)10-12-27(22)32)20-40-30-13-9-23(16-28(30)35)31(36)34-41(37,38)18-21/h2*3,7,9-10,12-13,15-16,21,24,26,29H,4-6,8,11,14,17-20H2,1-2H3,(H,34,36)/b2*7-3+/t21-,24+,26-,29+,32+;21-,24-,26+,29-,32-/m10/s1. The smallest absolute Gasteiger partial charge is 0.264 e. The normalized spacial score (nSPS) is 32.0. The molecule has 12 rings (SSSR count). The first-order valence-electron chi connectivity index (χ1n) is 29.4. The van der Waals surface area contributed by atoms with E-state index in [-0.39, 0.29) is 46.4 Å². The van der Waals surface area contributed by atoms with Crippen LogP contribution in [0.25, 0.3) is 0 Å². The highest BCUT2D eigenvalue weighted by molar-refractivity contribution is 7.90. The third-order valence-electron chi connectivity index (χ3n) is 19.1. The van der Waals surface area contributed by atoms with Crippen LogP contribution in [0.2, 0.25) is 10.0 Å². The maximum atomic E-state index is 13.2. The zero-order valence-corrected chi connectivity index (χ0v) is 50.7. The number of nitrogens with zero attached hydrogens (tertiary/aromatic N) is 2. The molecule has 4 aliphatic carbocycles. The van der Waals surface area contributed by atoms with Gasteiger partial charge in [0.25, 0.3) is 11.8 Å². The van der Waals surface area contributed by atoms with Crippen LogP contribution in [0.1, 0.15) is 121 Å². The minimum atomic E-state index is -3.81. The fourth-order valence-electron chi connectivity index (χ4n) is 14.6. The lowest BCUT2D eigenvalue weighted by atomic mass is 9.68. The highest BCUT2D eigenvalue weighted by atomic mass is 35.5. The molecule has 0 radical (unpaired) electrons. The van der Waals surface area contributed by atoms with Gasteiger partial charge in [0.15, 0.2) is 0 Å². The zero-order valence-electron chi connectivity index (χ0n) is 47.5.